The van der Waals surface area contributed by atoms with Crippen molar-refractivity contribution in [2.45, 2.75) is 51.6 Å². The maximum atomic E-state index is 11.2. The normalized spacial score (nSPS) is 27.4. The van der Waals surface area contributed by atoms with Gasteiger partial charge in [0.15, 0.2) is 5.78 Å². The van der Waals surface area contributed by atoms with Crippen LogP contribution < -0.4 is 0 Å². The summed E-state index contributed by atoms with van der Waals surface area (Å²) in [5, 5.41) is 0. The van der Waals surface area contributed by atoms with Crippen LogP contribution in [-0.4, -0.2) is 17.9 Å². The summed E-state index contributed by atoms with van der Waals surface area (Å²) in [5.74, 6) is -0.392. The molecule has 3 nitrogen and oxygen atoms in total. The third kappa shape index (κ3) is 5.35. The van der Waals surface area contributed by atoms with Gasteiger partial charge >= 0.3 is 5.97 Å². The topological polar surface area (TPSA) is 43.4 Å². The molecule has 84 valence electrons. The predicted octanol–water partition coefficient (Wildman–Crippen LogP) is 2.40. The van der Waals surface area contributed by atoms with Crippen molar-refractivity contribution >= 4 is 11.8 Å². The van der Waals surface area contributed by atoms with Gasteiger partial charge < -0.3 is 4.74 Å². The maximum absolute atomic E-state index is 11.2. The summed E-state index contributed by atoms with van der Waals surface area (Å²) in [6.07, 6.45) is 8.15. The summed E-state index contributed by atoms with van der Waals surface area (Å²) in [6, 6.07) is 0. The smallest absolute Gasteiger partial charge is 0.331 e. The number of esters is 1. The molecule has 0 saturated heterocycles. The molecule has 0 saturated carbocycles. The Labute approximate surface area is 90.5 Å². The van der Waals surface area contributed by atoms with Crippen LogP contribution in [0.4, 0.5) is 0 Å². The monoisotopic (exact) mass is 210 g/mol. The van der Waals surface area contributed by atoms with Gasteiger partial charge in [-0.15, -0.1) is 0 Å². The van der Waals surface area contributed by atoms with Crippen LogP contribution in [0.15, 0.2) is 12.2 Å². The van der Waals surface area contributed by atoms with Crippen LogP contribution in [0.3, 0.4) is 0 Å². The van der Waals surface area contributed by atoms with Crippen LogP contribution >= 0.6 is 0 Å². The van der Waals surface area contributed by atoms with Gasteiger partial charge in [-0.25, -0.2) is 4.79 Å². The molecule has 1 aliphatic heterocycles. The third-order valence-corrected chi connectivity index (χ3v) is 2.51. The Kier molecular flexibility index (Phi) is 5.08. The van der Waals surface area contributed by atoms with Crippen LogP contribution in [0.25, 0.3) is 0 Å². The van der Waals surface area contributed by atoms with Gasteiger partial charge in [-0.2, -0.15) is 0 Å². The molecule has 0 amide bonds. The summed E-state index contributed by atoms with van der Waals surface area (Å²) in [6.45, 7) is 1.89. The third-order valence-electron chi connectivity index (χ3n) is 2.51. The Bertz CT molecular complexity index is 256. The first-order valence-corrected chi connectivity index (χ1v) is 5.60. The largest absolute Gasteiger partial charge is 0.460 e. The number of carbonyl (C=O) groups is 2. The average Bonchev–Trinajstić information content (AvgIpc) is 2.18. The van der Waals surface area contributed by atoms with Crippen molar-refractivity contribution in [1.82, 2.24) is 0 Å². The molecule has 0 unspecified atom stereocenters. The van der Waals surface area contributed by atoms with E-state index >= 15 is 0 Å². The van der Waals surface area contributed by atoms with Gasteiger partial charge in [0.2, 0.25) is 0 Å². The average molecular weight is 210 g/mol. The molecule has 0 aromatic heterocycles. The number of carbonyl (C=O) groups excluding carboxylic acids is 2. The van der Waals surface area contributed by atoms with Crippen molar-refractivity contribution in [3.05, 3.63) is 12.2 Å². The number of ketones is 1. The molecule has 0 spiro atoms. The quantitative estimate of drug-likeness (QED) is 0.576. The minimum Gasteiger partial charge on any atom is -0.460 e. The summed E-state index contributed by atoms with van der Waals surface area (Å²) in [4.78, 5) is 22.4. The Balaban J connectivity index is 2.52. The fraction of sp³-hybridized carbons (Fsp3) is 0.667. The lowest BCUT2D eigenvalue weighted by Gasteiger charge is -2.12. The molecular weight excluding hydrogens is 192 g/mol. The summed E-state index contributed by atoms with van der Waals surface area (Å²) >= 11 is 0. The van der Waals surface area contributed by atoms with E-state index in [4.69, 9.17) is 4.74 Å². The number of hydrogen-bond donors (Lipinski definition) is 0. The molecule has 1 heterocycles. The molecule has 1 aliphatic rings. The van der Waals surface area contributed by atoms with Gasteiger partial charge in [-0.05, 0) is 32.3 Å². The van der Waals surface area contributed by atoms with Crippen molar-refractivity contribution in [2.75, 3.05) is 0 Å². The second kappa shape index (κ2) is 6.38. The molecule has 0 bridgehead atoms. The maximum Gasteiger partial charge on any atom is 0.331 e. The zero-order valence-electron chi connectivity index (χ0n) is 9.20. The lowest BCUT2D eigenvalue weighted by atomic mass is 10.1. The fourth-order valence-corrected chi connectivity index (χ4v) is 1.63. The first-order chi connectivity index (χ1) is 7.18. The van der Waals surface area contributed by atoms with Gasteiger partial charge in [-0.3, -0.25) is 4.79 Å². The van der Waals surface area contributed by atoms with E-state index in [9.17, 15) is 9.59 Å². The minimum atomic E-state index is -0.406. The molecule has 0 N–H and O–H groups in total. The summed E-state index contributed by atoms with van der Waals surface area (Å²) < 4.78 is 5.09. The summed E-state index contributed by atoms with van der Waals surface area (Å²) in [5.41, 5.74) is 0. The van der Waals surface area contributed by atoms with E-state index in [1.165, 1.54) is 12.2 Å². The van der Waals surface area contributed by atoms with E-state index in [2.05, 4.69) is 0 Å². The van der Waals surface area contributed by atoms with Gasteiger partial charge in [0, 0.05) is 12.5 Å². The Hall–Kier alpha value is -1.12. The summed E-state index contributed by atoms with van der Waals surface area (Å²) in [7, 11) is 0. The van der Waals surface area contributed by atoms with Crippen LogP contribution in [0, 0.1) is 0 Å². The van der Waals surface area contributed by atoms with Crippen molar-refractivity contribution in [3.8, 4) is 0 Å². The SMILES string of the molecule is C[C@H]1CCCCCCC(=O)/C=C/C(=O)O1. The van der Waals surface area contributed by atoms with Crippen molar-refractivity contribution in [2.24, 2.45) is 0 Å². The number of rotatable bonds is 0. The Morgan fingerprint density at radius 1 is 1.13 bits per heavy atom. The molecule has 1 atom stereocenters. The van der Waals surface area contributed by atoms with E-state index in [0.29, 0.717) is 6.42 Å². The molecular formula is C12H18O3. The molecule has 0 aliphatic carbocycles. The predicted molar refractivity (Wildman–Crippen MR) is 57.4 cm³/mol. The number of ether oxygens (including phenoxy) is 1. The number of allylic oxidation sites excluding steroid dienone is 1. The van der Waals surface area contributed by atoms with Gasteiger partial charge in [0.1, 0.15) is 0 Å². The first-order valence-electron chi connectivity index (χ1n) is 5.60. The van der Waals surface area contributed by atoms with Gasteiger partial charge in [-0.1, -0.05) is 12.8 Å². The van der Waals surface area contributed by atoms with Crippen LogP contribution in [0.1, 0.15) is 45.4 Å². The highest BCUT2D eigenvalue weighted by Gasteiger charge is 2.08. The highest BCUT2D eigenvalue weighted by atomic mass is 16.5. The highest BCUT2D eigenvalue weighted by molar-refractivity contribution is 5.95. The zero-order chi connectivity index (χ0) is 11.1. The highest BCUT2D eigenvalue weighted by Crippen LogP contribution is 2.11. The zero-order valence-corrected chi connectivity index (χ0v) is 9.20. The number of cyclic esters (lactones) is 1. The molecule has 15 heavy (non-hydrogen) atoms. The van der Waals surface area contributed by atoms with E-state index in [1.807, 2.05) is 6.92 Å². The lowest BCUT2D eigenvalue weighted by molar-refractivity contribution is -0.142. The Morgan fingerprint density at radius 2 is 1.87 bits per heavy atom. The van der Waals surface area contributed by atoms with E-state index in [1.54, 1.807) is 0 Å². The van der Waals surface area contributed by atoms with Gasteiger partial charge in [0.05, 0.1) is 6.10 Å². The molecule has 0 fully saturated rings. The molecule has 3 heteroatoms. The standard InChI is InChI=1S/C12H18O3/c1-10-6-4-2-3-5-7-11(13)8-9-12(14)15-10/h8-10H,2-7H2,1H3/b9-8+/t10-/m0/s1. The van der Waals surface area contributed by atoms with Crippen molar-refractivity contribution in [1.29, 1.82) is 0 Å². The fourth-order valence-electron chi connectivity index (χ4n) is 1.63. The van der Waals surface area contributed by atoms with Crippen LogP contribution in [-0.2, 0) is 14.3 Å². The van der Waals surface area contributed by atoms with Crippen molar-refractivity contribution in [3.63, 3.8) is 0 Å². The minimum absolute atomic E-state index is 0.0141. The second-order valence-electron chi connectivity index (χ2n) is 4.00. The van der Waals surface area contributed by atoms with Crippen molar-refractivity contribution < 1.29 is 14.3 Å². The van der Waals surface area contributed by atoms with Crippen LogP contribution in [0.2, 0.25) is 0 Å². The number of hydrogen-bond acceptors (Lipinski definition) is 3. The Morgan fingerprint density at radius 3 is 2.67 bits per heavy atom. The molecule has 1 rings (SSSR count). The molecule has 0 aromatic rings. The molecule has 0 aromatic carbocycles. The van der Waals surface area contributed by atoms with E-state index in [-0.39, 0.29) is 11.9 Å². The molecule has 0 radical (unpaired) electrons. The lowest BCUT2D eigenvalue weighted by Crippen LogP contribution is -2.13. The van der Waals surface area contributed by atoms with Gasteiger partial charge in [0.25, 0.3) is 0 Å². The van der Waals surface area contributed by atoms with E-state index in [0.717, 1.165) is 32.1 Å². The van der Waals surface area contributed by atoms with Crippen LogP contribution in [0.5, 0.6) is 0 Å². The second-order valence-corrected chi connectivity index (χ2v) is 4.00. The first kappa shape index (κ1) is 12.0. The van der Waals surface area contributed by atoms with E-state index < -0.39 is 5.97 Å².